The molecule has 0 aromatic rings. The fourth-order valence-electron chi connectivity index (χ4n) is 3.15. The Bertz CT molecular complexity index is 132. The predicted molar refractivity (Wildman–Crippen MR) is 48.5 cm³/mol. The highest BCUT2D eigenvalue weighted by atomic mass is 14.5. The van der Waals surface area contributed by atoms with Gasteiger partial charge in [0.1, 0.15) is 0 Å². The maximum atomic E-state index is 2.43. The summed E-state index contributed by atoms with van der Waals surface area (Å²) >= 11 is 0. The van der Waals surface area contributed by atoms with Gasteiger partial charge in [0.15, 0.2) is 0 Å². The third-order valence-electron chi connectivity index (χ3n) is 4.07. The molecule has 2 saturated carbocycles. The van der Waals surface area contributed by atoms with Crippen LogP contribution in [-0.4, -0.2) is 0 Å². The third kappa shape index (κ3) is 1.11. The van der Waals surface area contributed by atoms with Crippen LogP contribution in [0, 0.1) is 17.3 Å². The SMILES string of the molecule is CC(C)C1(C2CC2)CCCC1. The molecule has 0 aromatic carbocycles. The van der Waals surface area contributed by atoms with Crippen LogP contribution in [0.5, 0.6) is 0 Å². The van der Waals surface area contributed by atoms with Gasteiger partial charge in [-0.25, -0.2) is 0 Å². The molecule has 2 rings (SSSR count). The molecule has 0 amide bonds. The molecule has 0 nitrogen and oxygen atoms in total. The molecule has 64 valence electrons. The van der Waals surface area contributed by atoms with Crippen LogP contribution < -0.4 is 0 Å². The lowest BCUT2D eigenvalue weighted by Crippen LogP contribution is -2.25. The normalized spacial score (nSPS) is 29.7. The maximum Gasteiger partial charge on any atom is -0.0246 e. The van der Waals surface area contributed by atoms with Gasteiger partial charge in [-0.05, 0) is 42.9 Å². The zero-order valence-corrected chi connectivity index (χ0v) is 7.90. The van der Waals surface area contributed by atoms with E-state index >= 15 is 0 Å². The van der Waals surface area contributed by atoms with Crippen molar-refractivity contribution in [3.05, 3.63) is 0 Å². The van der Waals surface area contributed by atoms with Crippen molar-refractivity contribution in [3.8, 4) is 0 Å². The molecular formula is C11H20. The topological polar surface area (TPSA) is 0 Å². The van der Waals surface area contributed by atoms with Crippen LogP contribution >= 0.6 is 0 Å². The minimum Gasteiger partial charge on any atom is -0.0622 e. The lowest BCUT2D eigenvalue weighted by Gasteiger charge is -2.33. The molecule has 0 saturated heterocycles. The monoisotopic (exact) mass is 152 g/mol. The van der Waals surface area contributed by atoms with E-state index < -0.39 is 0 Å². The van der Waals surface area contributed by atoms with E-state index in [9.17, 15) is 0 Å². The lowest BCUT2D eigenvalue weighted by molar-refractivity contribution is 0.159. The first-order chi connectivity index (χ1) is 5.26. The summed E-state index contributed by atoms with van der Waals surface area (Å²) in [6, 6.07) is 0. The fourth-order valence-corrected chi connectivity index (χ4v) is 3.15. The standard InChI is InChI=1S/C11H20/c1-9(2)11(10-5-6-10)7-3-4-8-11/h9-10H,3-8H2,1-2H3. The molecule has 0 atom stereocenters. The van der Waals surface area contributed by atoms with Gasteiger partial charge in [0.2, 0.25) is 0 Å². The van der Waals surface area contributed by atoms with Gasteiger partial charge in [-0.15, -0.1) is 0 Å². The molecule has 0 N–H and O–H groups in total. The molecular weight excluding hydrogens is 132 g/mol. The summed E-state index contributed by atoms with van der Waals surface area (Å²) in [5.41, 5.74) is 0.806. The van der Waals surface area contributed by atoms with Crippen LogP contribution in [0.4, 0.5) is 0 Å². The van der Waals surface area contributed by atoms with E-state index in [0.717, 1.165) is 17.3 Å². The summed E-state index contributed by atoms with van der Waals surface area (Å²) in [5.74, 6) is 2.07. The highest BCUT2D eigenvalue weighted by Crippen LogP contribution is 2.58. The third-order valence-corrected chi connectivity index (χ3v) is 4.07. The molecule has 0 aromatic heterocycles. The van der Waals surface area contributed by atoms with Crippen molar-refractivity contribution in [1.82, 2.24) is 0 Å². The molecule has 11 heavy (non-hydrogen) atoms. The Morgan fingerprint density at radius 3 is 2.00 bits per heavy atom. The van der Waals surface area contributed by atoms with E-state index in [-0.39, 0.29) is 0 Å². The lowest BCUT2D eigenvalue weighted by atomic mass is 9.72. The highest BCUT2D eigenvalue weighted by molar-refractivity contribution is 4.98. The van der Waals surface area contributed by atoms with Crippen LogP contribution in [0.2, 0.25) is 0 Å². The Balaban J connectivity index is 2.11. The molecule has 2 aliphatic rings. The maximum absolute atomic E-state index is 2.43. The molecule has 0 bridgehead atoms. The first-order valence-corrected chi connectivity index (χ1v) is 5.26. The van der Waals surface area contributed by atoms with Crippen LogP contribution in [0.15, 0.2) is 0 Å². The van der Waals surface area contributed by atoms with Crippen LogP contribution in [0.25, 0.3) is 0 Å². The van der Waals surface area contributed by atoms with Gasteiger partial charge in [0.25, 0.3) is 0 Å². The molecule has 2 aliphatic carbocycles. The minimum atomic E-state index is 0.806. The molecule has 0 unspecified atom stereocenters. The average molecular weight is 152 g/mol. The van der Waals surface area contributed by atoms with E-state index in [1.54, 1.807) is 0 Å². The summed E-state index contributed by atoms with van der Waals surface area (Å²) < 4.78 is 0. The second kappa shape index (κ2) is 2.50. The second-order valence-corrected chi connectivity index (χ2v) is 4.87. The van der Waals surface area contributed by atoms with Crippen molar-refractivity contribution in [2.24, 2.45) is 17.3 Å². The number of hydrogen-bond acceptors (Lipinski definition) is 0. The smallest absolute Gasteiger partial charge is 0.0246 e. The van der Waals surface area contributed by atoms with Gasteiger partial charge in [-0.2, -0.15) is 0 Å². The highest BCUT2D eigenvalue weighted by Gasteiger charge is 2.48. The summed E-state index contributed by atoms with van der Waals surface area (Å²) in [6.45, 7) is 4.87. The first kappa shape index (κ1) is 7.64. The first-order valence-electron chi connectivity index (χ1n) is 5.26. The van der Waals surface area contributed by atoms with E-state index in [1.165, 1.54) is 38.5 Å². The summed E-state index contributed by atoms with van der Waals surface area (Å²) in [6.07, 6.45) is 9.17. The van der Waals surface area contributed by atoms with Crippen molar-refractivity contribution < 1.29 is 0 Å². The summed E-state index contributed by atoms with van der Waals surface area (Å²) in [5, 5.41) is 0. The molecule has 2 fully saturated rings. The Hall–Kier alpha value is 0. The Kier molecular flexibility index (Phi) is 1.74. The van der Waals surface area contributed by atoms with E-state index in [2.05, 4.69) is 13.8 Å². The second-order valence-electron chi connectivity index (χ2n) is 4.87. The largest absolute Gasteiger partial charge is 0.0622 e. The van der Waals surface area contributed by atoms with Crippen molar-refractivity contribution in [2.45, 2.75) is 52.4 Å². The molecule has 0 aliphatic heterocycles. The minimum absolute atomic E-state index is 0.806. The molecule has 0 radical (unpaired) electrons. The van der Waals surface area contributed by atoms with Gasteiger partial charge in [-0.3, -0.25) is 0 Å². The van der Waals surface area contributed by atoms with Gasteiger partial charge in [0, 0.05) is 0 Å². The van der Waals surface area contributed by atoms with E-state index in [4.69, 9.17) is 0 Å². The van der Waals surface area contributed by atoms with Gasteiger partial charge in [0.05, 0.1) is 0 Å². The summed E-state index contributed by atoms with van der Waals surface area (Å²) in [4.78, 5) is 0. The van der Waals surface area contributed by atoms with Crippen molar-refractivity contribution in [1.29, 1.82) is 0 Å². The van der Waals surface area contributed by atoms with Crippen molar-refractivity contribution in [3.63, 3.8) is 0 Å². The predicted octanol–water partition coefficient (Wildman–Crippen LogP) is 3.61. The quantitative estimate of drug-likeness (QED) is 0.567. The van der Waals surface area contributed by atoms with Crippen LogP contribution in [0.1, 0.15) is 52.4 Å². The average Bonchev–Trinajstić information content (AvgIpc) is 2.69. The van der Waals surface area contributed by atoms with Crippen LogP contribution in [-0.2, 0) is 0 Å². The van der Waals surface area contributed by atoms with Crippen molar-refractivity contribution in [2.75, 3.05) is 0 Å². The Morgan fingerprint density at radius 1 is 1.09 bits per heavy atom. The summed E-state index contributed by atoms with van der Waals surface area (Å²) in [7, 11) is 0. The van der Waals surface area contributed by atoms with E-state index in [0.29, 0.717) is 0 Å². The van der Waals surface area contributed by atoms with Gasteiger partial charge in [-0.1, -0.05) is 26.7 Å². The zero-order chi connectivity index (χ0) is 7.90. The van der Waals surface area contributed by atoms with Crippen molar-refractivity contribution >= 4 is 0 Å². The van der Waals surface area contributed by atoms with Gasteiger partial charge >= 0.3 is 0 Å². The van der Waals surface area contributed by atoms with E-state index in [1.807, 2.05) is 0 Å². The number of hydrogen-bond donors (Lipinski definition) is 0. The Morgan fingerprint density at radius 2 is 1.64 bits per heavy atom. The molecule has 0 heteroatoms. The van der Waals surface area contributed by atoms with Gasteiger partial charge < -0.3 is 0 Å². The molecule has 0 spiro atoms. The zero-order valence-electron chi connectivity index (χ0n) is 7.90. The van der Waals surface area contributed by atoms with Crippen LogP contribution in [0.3, 0.4) is 0 Å². The fraction of sp³-hybridized carbons (Fsp3) is 1.00. The Labute approximate surface area is 70.4 Å². The molecule has 0 heterocycles. The number of rotatable bonds is 2.